The van der Waals surface area contributed by atoms with Crippen molar-refractivity contribution in [1.29, 1.82) is 0 Å². The molecule has 1 fully saturated rings. The molecule has 2 aliphatic rings. The summed E-state index contributed by atoms with van der Waals surface area (Å²) in [4.78, 5) is 44.5. The molecule has 2 heterocycles. The van der Waals surface area contributed by atoms with E-state index in [2.05, 4.69) is 15.6 Å². The number of nitrogens with zero attached hydrogens (tertiary/aromatic N) is 3. The van der Waals surface area contributed by atoms with E-state index < -0.39 is 17.4 Å². The van der Waals surface area contributed by atoms with Crippen LogP contribution in [0.25, 0.3) is 0 Å². The minimum atomic E-state index is -0.827. The van der Waals surface area contributed by atoms with Gasteiger partial charge in [-0.3, -0.25) is 19.7 Å². The third kappa shape index (κ3) is 3.33. The molecule has 2 aliphatic heterocycles. The van der Waals surface area contributed by atoms with Gasteiger partial charge in [0, 0.05) is 32.9 Å². The molecular formula is C17H21N5O3. The maximum Gasteiger partial charge on any atom is 0.313 e. The molecule has 3 rings (SSSR count). The van der Waals surface area contributed by atoms with E-state index in [4.69, 9.17) is 0 Å². The topological polar surface area (TPSA) is 94.1 Å². The number of carbonyl (C=O) groups is 3. The zero-order valence-corrected chi connectivity index (χ0v) is 14.3. The first-order valence-electron chi connectivity index (χ1n) is 8.15. The second-order valence-electron chi connectivity index (χ2n) is 6.43. The number of rotatable bonds is 1. The second kappa shape index (κ2) is 6.54. The zero-order chi connectivity index (χ0) is 18.0. The normalized spacial score (nSPS) is 18.6. The Kier molecular flexibility index (Phi) is 4.43. The Bertz CT molecular complexity index is 721. The first kappa shape index (κ1) is 16.9. The first-order valence-corrected chi connectivity index (χ1v) is 8.15. The summed E-state index contributed by atoms with van der Waals surface area (Å²) >= 11 is 0. The van der Waals surface area contributed by atoms with Crippen molar-refractivity contribution < 1.29 is 14.4 Å². The van der Waals surface area contributed by atoms with E-state index >= 15 is 0 Å². The molecule has 1 spiro atoms. The lowest BCUT2D eigenvalue weighted by Crippen LogP contribution is -2.52. The quantitative estimate of drug-likeness (QED) is 0.704. The van der Waals surface area contributed by atoms with E-state index in [0.29, 0.717) is 37.6 Å². The molecule has 8 nitrogen and oxygen atoms in total. The molecule has 0 aliphatic carbocycles. The van der Waals surface area contributed by atoms with Crippen molar-refractivity contribution in [3.05, 3.63) is 30.3 Å². The number of amides is 3. The van der Waals surface area contributed by atoms with Gasteiger partial charge in [-0.15, -0.1) is 0 Å². The fraction of sp³-hybridized carbons (Fsp3) is 0.412. The Morgan fingerprint density at radius 2 is 1.84 bits per heavy atom. The molecule has 25 heavy (non-hydrogen) atoms. The predicted molar refractivity (Wildman–Crippen MR) is 92.9 cm³/mol. The molecule has 0 bridgehead atoms. The molecule has 1 saturated heterocycles. The minimum Gasteiger partial charge on any atom is -0.349 e. The standard InChI is InChI=1S/C17H21N5O3/c1-21(2)16-19-15(25)17(20-16)8-10-22(11-9-17)14(24)13(23)18-12-6-4-3-5-7-12/h3-7H,8-11H2,1-2H3,(H,18,23)(H,19,20,25). The molecule has 0 atom stereocenters. The lowest BCUT2D eigenvalue weighted by Gasteiger charge is -2.34. The molecule has 0 aromatic heterocycles. The van der Waals surface area contributed by atoms with Crippen molar-refractivity contribution in [2.75, 3.05) is 32.5 Å². The van der Waals surface area contributed by atoms with Crippen LogP contribution >= 0.6 is 0 Å². The second-order valence-corrected chi connectivity index (χ2v) is 6.43. The van der Waals surface area contributed by atoms with Crippen LogP contribution in [0, 0.1) is 0 Å². The highest BCUT2D eigenvalue weighted by Gasteiger charge is 2.47. The molecule has 1 aromatic rings. The Labute approximate surface area is 145 Å². The molecule has 3 amide bonds. The fourth-order valence-corrected chi connectivity index (χ4v) is 2.98. The summed E-state index contributed by atoms with van der Waals surface area (Å²) in [6.07, 6.45) is 0.807. The average Bonchev–Trinajstić information content (AvgIpc) is 2.92. The number of nitrogens with one attached hydrogen (secondary N) is 2. The number of anilines is 1. The van der Waals surface area contributed by atoms with Gasteiger partial charge >= 0.3 is 11.8 Å². The van der Waals surface area contributed by atoms with Crippen LogP contribution in [-0.4, -0.2) is 66.2 Å². The van der Waals surface area contributed by atoms with Gasteiger partial charge in [-0.05, 0) is 25.0 Å². The van der Waals surface area contributed by atoms with Gasteiger partial charge in [-0.1, -0.05) is 18.2 Å². The molecule has 1 aromatic carbocycles. The van der Waals surface area contributed by atoms with Crippen molar-refractivity contribution in [3.63, 3.8) is 0 Å². The molecule has 132 valence electrons. The molecular weight excluding hydrogens is 322 g/mol. The van der Waals surface area contributed by atoms with E-state index in [1.807, 2.05) is 20.2 Å². The number of carbonyl (C=O) groups excluding carboxylic acids is 3. The van der Waals surface area contributed by atoms with Crippen molar-refractivity contribution in [3.8, 4) is 0 Å². The van der Waals surface area contributed by atoms with E-state index in [9.17, 15) is 14.4 Å². The van der Waals surface area contributed by atoms with Crippen LogP contribution in [0.3, 0.4) is 0 Å². The van der Waals surface area contributed by atoms with Crippen LogP contribution in [0.15, 0.2) is 35.3 Å². The van der Waals surface area contributed by atoms with Crippen molar-refractivity contribution in [1.82, 2.24) is 15.1 Å². The van der Waals surface area contributed by atoms with E-state index in [-0.39, 0.29) is 5.91 Å². The number of guanidine groups is 1. The highest BCUT2D eigenvalue weighted by Crippen LogP contribution is 2.30. The molecule has 0 radical (unpaired) electrons. The van der Waals surface area contributed by atoms with Gasteiger partial charge in [0.1, 0.15) is 5.54 Å². The Morgan fingerprint density at radius 1 is 1.20 bits per heavy atom. The summed E-state index contributed by atoms with van der Waals surface area (Å²) in [5.41, 5.74) is -0.253. The number of hydrogen-bond acceptors (Lipinski definition) is 5. The van der Waals surface area contributed by atoms with Gasteiger partial charge in [-0.25, -0.2) is 4.99 Å². The summed E-state index contributed by atoms with van der Waals surface area (Å²) in [5.74, 6) is -0.868. The summed E-state index contributed by atoms with van der Waals surface area (Å²) in [6.45, 7) is 0.636. The predicted octanol–water partition coefficient (Wildman–Crippen LogP) is 0.0337. The van der Waals surface area contributed by atoms with Crippen LogP contribution in [0.4, 0.5) is 5.69 Å². The molecule has 2 N–H and O–H groups in total. The maximum atomic E-state index is 12.3. The first-order chi connectivity index (χ1) is 11.9. The number of benzene rings is 1. The van der Waals surface area contributed by atoms with Gasteiger partial charge in [-0.2, -0.15) is 0 Å². The van der Waals surface area contributed by atoms with Gasteiger partial charge in [0.05, 0.1) is 0 Å². The van der Waals surface area contributed by atoms with Crippen molar-refractivity contribution in [2.24, 2.45) is 4.99 Å². The molecule has 0 saturated carbocycles. The summed E-state index contributed by atoms with van der Waals surface area (Å²) in [5, 5.41) is 5.35. The van der Waals surface area contributed by atoms with E-state index in [1.165, 1.54) is 4.90 Å². The molecule has 0 unspecified atom stereocenters. The van der Waals surface area contributed by atoms with E-state index in [1.54, 1.807) is 29.2 Å². The Morgan fingerprint density at radius 3 is 2.40 bits per heavy atom. The Hall–Kier alpha value is -2.90. The number of piperidine rings is 1. The number of para-hydroxylation sites is 1. The SMILES string of the molecule is CN(C)C1=NC2(CCN(C(=O)C(=O)Nc3ccccc3)CC2)C(=O)N1. The lowest BCUT2D eigenvalue weighted by molar-refractivity contribution is -0.144. The van der Waals surface area contributed by atoms with Crippen LogP contribution < -0.4 is 10.6 Å². The maximum absolute atomic E-state index is 12.3. The van der Waals surface area contributed by atoms with Crippen LogP contribution in [0.5, 0.6) is 0 Å². The highest BCUT2D eigenvalue weighted by atomic mass is 16.2. The van der Waals surface area contributed by atoms with E-state index in [0.717, 1.165) is 0 Å². The Balaban J connectivity index is 1.61. The van der Waals surface area contributed by atoms with Gasteiger partial charge in [0.2, 0.25) is 5.96 Å². The summed E-state index contributed by atoms with van der Waals surface area (Å²) in [6, 6.07) is 8.83. The molecule has 8 heteroatoms. The minimum absolute atomic E-state index is 0.142. The summed E-state index contributed by atoms with van der Waals surface area (Å²) in [7, 11) is 3.62. The monoisotopic (exact) mass is 343 g/mol. The lowest BCUT2D eigenvalue weighted by atomic mass is 9.88. The fourth-order valence-electron chi connectivity index (χ4n) is 2.98. The largest absolute Gasteiger partial charge is 0.349 e. The van der Waals surface area contributed by atoms with Gasteiger partial charge < -0.3 is 15.1 Å². The van der Waals surface area contributed by atoms with Crippen molar-refractivity contribution >= 4 is 29.4 Å². The summed E-state index contributed by atoms with van der Waals surface area (Å²) < 4.78 is 0. The van der Waals surface area contributed by atoms with Crippen LogP contribution in [-0.2, 0) is 14.4 Å². The van der Waals surface area contributed by atoms with Crippen LogP contribution in [0.2, 0.25) is 0 Å². The van der Waals surface area contributed by atoms with Crippen molar-refractivity contribution in [2.45, 2.75) is 18.4 Å². The highest BCUT2D eigenvalue weighted by molar-refractivity contribution is 6.39. The third-order valence-electron chi connectivity index (χ3n) is 4.50. The average molecular weight is 343 g/mol. The van der Waals surface area contributed by atoms with Crippen LogP contribution in [0.1, 0.15) is 12.8 Å². The smallest absolute Gasteiger partial charge is 0.313 e. The third-order valence-corrected chi connectivity index (χ3v) is 4.50. The number of aliphatic imine (C=N–C) groups is 1. The van der Waals surface area contributed by atoms with Gasteiger partial charge in [0.25, 0.3) is 5.91 Å². The van der Waals surface area contributed by atoms with Gasteiger partial charge in [0.15, 0.2) is 0 Å². The number of hydrogen-bond donors (Lipinski definition) is 2. The number of likely N-dealkylation sites (tertiary alicyclic amines) is 1. The zero-order valence-electron chi connectivity index (χ0n) is 14.3.